The summed E-state index contributed by atoms with van der Waals surface area (Å²) in [6.45, 7) is 0. The van der Waals surface area contributed by atoms with Gasteiger partial charge >= 0.3 is 0 Å². The summed E-state index contributed by atoms with van der Waals surface area (Å²) in [6.07, 6.45) is 0. The van der Waals surface area contributed by atoms with Gasteiger partial charge in [0.2, 0.25) is 0 Å². The lowest BCUT2D eigenvalue weighted by atomic mass is 9.97. The maximum atomic E-state index is 9.17. The van der Waals surface area contributed by atoms with E-state index in [2.05, 4.69) is 60.7 Å². The minimum Gasteiger partial charge on any atom is -0.455 e. The van der Waals surface area contributed by atoms with Gasteiger partial charge in [0.1, 0.15) is 11.2 Å². The van der Waals surface area contributed by atoms with Crippen LogP contribution in [0.2, 0.25) is 0 Å². The number of nitrogens with zero attached hydrogens (tertiary/aromatic N) is 3. The molecular weight excluding hydrogens is 751 g/mol. The fourth-order valence-electron chi connectivity index (χ4n) is 8.14. The van der Waals surface area contributed by atoms with Gasteiger partial charge in [-0.3, -0.25) is 0 Å². The highest BCUT2D eigenvalue weighted by Gasteiger charge is 2.18. The molecule has 0 spiro atoms. The van der Waals surface area contributed by atoms with Gasteiger partial charge in [-0.2, -0.15) is 0 Å². The smallest absolute Gasteiger partial charge is 0.164 e. The SMILES string of the molecule is [2H]c1cc2sc3c4ccc([2H])c([2H])c4c([2H])c([2H])c3c2c(-c2ccc(-c3nc(-c4ccc(-c5ccccc5)cc4)nc(-c4ccc5c(c4)oc4c(-c6ccccc6)cccc45)n3)cc2)c1[2H]. The first-order chi connectivity index (χ1) is 32.2. The lowest BCUT2D eigenvalue weighted by Gasteiger charge is -2.10. The monoisotopic (exact) mass is 789 g/mol. The van der Waals surface area contributed by atoms with Crippen LogP contribution in [0.4, 0.5) is 0 Å². The lowest BCUT2D eigenvalue weighted by Crippen LogP contribution is -2.00. The van der Waals surface area contributed by atoms with E-state index >= 15 is 0 Å². The molecule has 0 saturated heterocycles. The van der Waals surface area contributed by atoms with Gasteiger partial charge in [-0.25, -0.2) is 15.0 Å². The first kappa shape index (κ1) is 28.6. The van der Waals surface area contributed by atoms with Crippen LogP contribution in [0.3, 0.4) is 0 Å². The molecule has 0 saturated carbocycles. The summed E-state index contributed by atoms with van der Waals surface area (Å²) < 4.78 is 60.9. The van der Waals surface area contributed by atoms with Crippen LogP contribution in [0.1, 0.15) is 8.22 Å². The second kappa shape index (κ2) is 14.0. The highest BCUT2D eigenvalue weighted by molar-refractivity contribution is 7.26. The third kappa shape index (κ3) is 5.78. The van der Waals surface area contributed by atoms with Crippen molar-refractivity contribution in [2.45, 2.75) is 0 Å². The Kier molecular flexibility index (Phi) is 6.67. The molecule has 5 heteroatoms. The molecule has 60 heavy (non-hydrogen) atoms. The number of hydrogen-bond donors (Lipinski definition) is 0. The molecule has 9 aromatic carbocycles. The van der Waals surface area contributed by atoms with Gasteiger partial charge in [0, 0.05) is 53.2 Å². The van der Waals surface area contributed by atoms with E-state index < -0.39 is 0 Å². The normalized spacial score (nSPS) is 13.1. The van der Waals surface area contributed by atoms with Crippen molar-refractivity contribution in [2.75, 3.05) is 0 Å². The highest BCUT2D eigenvalue weighted by Crippen LogP contribution is 2.43. The third-order valence-electron chi connectivity index (χ3n) is 11.1. The molecular formula is C55H33N3OS. The Morgan fingerprint density at radius 2 is 1.03 bits per heavy atom. The molecule has 3 heterocycles. The Balaban J connectivity index is 1.00. The maximum absolute atomic E-state index is 9.17. The number of aromatic nitrogens is 3. The van der Waals surface area contributed by atoms with Crippen molar-refractivity contribution >= 4 is 64.2 Å². The molecule has 0 bridgehead atoms. The zero-order valence-corrected chi connectivity index (χ0v) is 32.6. The third-order valence-corrected chi connectivity index (χ3v) is 12.3. The Morgan fingerprint density at radius 3 is 1.78 bits per heavy atom. The summed E-state index contributed by atoms with van der Waals surface area (Å²) >= 11 is 1.38. The summed E-state index contributed by atoms with van der Waals surface area (Å²) in [5.41, 5.74) is 9.20. The van der Waals surface area contributed by atoms with Crippen molar-refractivity contribution in [3.63, 3.8) is 0 Å². The molecule has 0 aliphatic heterocycles. The van der Waals surface area contributed by atoms with E-state index in [9.17, 15) is 1.37 Å². The molecule has 3 aromatic heterocycles. The molecule has 0 aliphatic rings. The number of rotatable bonds is 6. The first-order valence-corrected chi connectivity index (χ1v) is 20.4. The summed E-state index contributed by atoms with van der Waals surface area (Å²) in [7, 11) is 0. The molecule has 4 nitrogen and oxygen atoms in total. The largest absolute Gasteiger partial charge is 0.455 e. The van der Waals surface area contributed by atoms with Crippen LogP contribution in [0.25, 0.3) is 120 Å². The average Bonchev–Trinajstić information content (AvgIpc) is 3.93. The van der Waals surface area contributed by atoms with Crippen LogP contribution in [0, 0.1) is 0 Å². The Hall–Kier alpha value is -7.73. The second-order valence-corrected chi connectivity index (χ2v) is 15.7. The summed E-state index contributed by atoms with van der Waals surface area (Å²) in [6, 6.07) is 53.0. The van der Waals surface area contributed by atoms with E-state index in [0.717, 1.165) is 49.7 Å². The van der Waals surface area contributed by atoms with Crippen LogP contribution in [-0.2, 0) is 0 Å². The van der Waals surface area contributed by atoms with E-state index in [4.69, 9.17) is 26.2 Å². The van der Waals surface area contributed by atoms with Crippen LogP contribution >= 0.6 is 11.3 Å². The van der Waals surface area contributed by atoms with Crippen LogP contribution in [-0.4, -0.2) is 15.0 Å². The number of furan rings is 1. The first-order valence-electron chi connectivity index (χ1n) is 22.6. The fraction of sp³-hybridized carbons (Fsp3) is 0. The highest BCUT2D eigenvalue weighted by atomic mass is 32.1. The number of fused-ring (bicyclic) bond motifs is 8. The zero-order chi connectivity index (χ0) is 44.8. The van der Waals surface area contributed by atoms with Crippen molar-refractivity contribution < 1.29 is 12.6 Å². The molecule has 0 unspecified atom stereocenters. The van der Waals surface area contributed by atoms with Gasteiger partial charge < -0.3 is 4.42 Å². The van der Waals surface area contributed by atoms with Crippen molar-refractivity contribution in [1.29, 1.82) is 0 Å². The minimum absolute atomic E-state index is 0.00390. The van der Waals surface area contributed by atoms with E-state index in [0.29, 0.717) is 65.3 Å². The Morgan fingerprint density at radius 1 is 0.417 bits per heavy atom. The molecule has 12 aromatic rings. The Bertz CT molecular complexity index is 3930. The number of para-hydroxylation sites is 1. The predicted molar refractivity (Wildman–Crippen MR) is 250 cm³/mol. The summed E-state index contributed by atoms with van der Waals surface area (Å²) in [5.74, 6) is 1.40. The van der Waals surface area contributed by atoms with Crippen LogP contribution in [0.5, 0.6) is 0 Å². The van der Waals surface area contributed by atoms with Gasteiger partial charge in [-0.1, -0.05) is 182 Å². The van der Waals surface area contributed by atoms with Crippen molar-refractivity contribution in [2.24, 2.45) is 0 Å². The molecule has 0 aliphatic carbocycles. The topological polar surface area (TPSA) is 51.8 Å². The van der Waals surface area contributed by atoms with Gasteiger partial charge in [0.15, 0.2) is 17.5 Å². The molecule has 0 N–H and O–H groups in total. The zero-order valence-electron chi connectivity index (χ0n) is 37.7. The molecule has 0 fully saturated rings. The van der Waals surface area contributed by atoms with Crippen molar-refractivity contribution in [1.82, 2.24) is 15.0 Å². The van der Waals surface area contributed by atoms with E-state index in [1.165, 1.54) is 11.3 Å². The van der Waals surface area contributed by atoms with Gasteiger partial charge in [0.05, 0.1) is 8.22 Å². The lowest BCUT2D eigenvalue weighted by molar-refractivity contribution is 0.670. The van der Waals surface area contributed by atoms with Crippen LogP contribution in [0.15, 0.2) is 204 Å². The number of benzene rings is 9. The molecule has 0 radical (unpaired) electrons. The number of hydrogen-bond acceptors (Lipinski definition) is 5. The molecule has 0 amide bonds. The quantitative estimate of drug-likeness (QED) is 0.168. The Labute approximate surface area is 358 Å². The minimum atomic E-state index is -0.133. The molecule has 12 rings (SSSR count). The summed E-state index contributed by atoms with van der Waals surface area (Å²) in [5, 5.41) is 3.99. The van der Waals surface area contributed by atoms with Gasteiger partial charge in [-0.15, -0.1) is 11.3 Å². The van der Waals surface area contributed by atoms with Gasteiger partial charge in [-0.05, 0) is 56.8 Å². The summed E-state index contributed by atoms with van der Waals surface area (Å²) in [4.78, 5) is 15.2. The maximum Gasteiger partial charge on any atom is 0.164 e. The van der Waals surface area contributed by atoms with E-state index in [1.807, 2.05) is 84.9 Å². The van der Waals surface area contributed by atoms with Gasteiger partial charge in [0.25, 0.3) is 0 Å². The standard InChI is InChI=1S/C55H33N3OS/c1-3-11-34(12-4-1)35-21-25-39(26-22-35)53-56-54(58-55(57-53)41-30-31-45-46-19-9-18-43(36-13-5-2-6-14-36)51(46)59-48(45)33-41)40-27-23-38(24-28-40)42-17-10-20-49-50(42)47-32-29-37-15-7-8-16-44(37)52(47)60-49/h1-33H/i7D,10D,15D,17D,29D,32D. The average molecular weight is 790 g/mol. The van der Waals surface area contributed by atoms with Crippen molar-refractivity contribution in [3.8, 4) is 67.5 Å². The van der Waals surface area contributed by atoms with Crippen molar-refractivity contribution in [3.05, 3.63) is 200 Å². The van der Waals surface area contributed by atoms with E-state index in [1.54, 1.807) is 18.2 Å². The van der Waals surface area contributed by atoms with E-state index in [-0.39, 0.29) is 41.6 Å². The second-order valence-electron chi connectivity index (χ2n) is 14.7. The predicted octanol–water partition coefficient (Wildman–Crippen LogP) is 15.3. The number of thiophene rings is 1. The van der Waals surface area contributed by atoms with Crippen LogP contribution < -0.4 is 0 Å². The molecule has 0 atom stereocenters. The fourth-order valence-corrected chi connectivity index (χ4v) is 9.32. The molecule has 280 valence electrons.